The molecular weight excluding hydrogens is 443 g/mol. The second kappa shape index (κ2) is 5.75. The monoisotopic (exact) mass is 454 g/mol. The first-order valence-corrected chi connectivity index (χ1v) is 9.47. The van der Waals surface area contributed by atoms with Crippen LogP contribution in [0.4, 0.5) is 0 Å². The topological polar surface area (TPSA) is 13.1 Å². The predicted octanol–water partition coefficient (Wildman–Crippen LogP) is 7.66. The number of furan rings is 1. The third kappa shape index (κ3) is 2.28. The number of fused-ring (bicyclic) bond motifs is 6. The Hall–Kier alpha value is -2.04. The average Bonchev–Trinajstić information content (AvgIpc) is 3.00. The summed E-state index contributed by atoms with van der Waals surface area (Å²) in [6.45, 7) is 0. The fourth-order valence-corrected chi connectivity index (χ4v) is 4.56. The van der Waals surface area contributed by atoms with E-state index in [0.717, 1.165) is 41.7 Å². The van der Waals surface area contributed by atoms with Crippen molar-refractivity contribution in [3.05, 3.63) is 81.6 Å². The summed E-state index contributed by atoms with van der Waals surface area (Å²) in [5, 5.41) is 6.51. The third-order valence-corrected chi connectivity index (χ3v) is 5.64. The van der Waals surface area contributed by atoms with E-state index in [2.05, 4.69) is 77.2 Å². The van der Waals surface area contributed by atoms with Gasteiger partial charge in [0.2, 0.25) is 0 Å². The van der Waals surface area contributed by atoms with Crippen LogP contribution in [0.25, 0.3) is 43.6 Å². The summed E-state index contributed by atoms with van der Waals surface area (Å²) >= 11 is 8.63. The maximum atomic E-state index is 6.34. The zero-order chi connectivity index (χ0) is 17.0. The third-order valence-electron chi connectivity index (χ3n) is 4.64. The lowest BCUT2D eigenvalue weighted by molar-refractivity contribution is 0.588. The van der Waals surface area contributed by atoms with E-state index in [0.29, 0.717) is 0 Å². The minimum absolute atomic E-state index is 0.735. The molecule has 4 aromatic carbocycles. The van der Waals surface area contributed by atoms with Gasteiger partial charge in [0, 0.05) is 43.9 Å². The molecule has 0 aliphatic rings. The molecule has 120 valence electrons. The molecule has 1 aromatic heterocycles. The molecule has 0 aliphatic carbocycles. The lowest BCUT2D eigenvalue weighted by atomic mass is 9.95. The average molecular weight is 455 g/mol. The summed E-state index contributed by atoms with van der Waals surface area (Å²) < 4.78 is 7.16. The molecule has 5 rings (SSSR count). The minimum atomic E-state index is 0.735. The lowest BCUT2D eigenvalue weighted by Gasteiger charge is -2.08. The van der Waals surface area contributed by atoms with Crippen molar-refractivity contribution >= 4 is 66.7 Å². The molecule has 0 saturated carbocycles. The van der Waals surface area contributed by atoms with E-state index < -0.39 is 0 Å². The van der Waals surface area contributed by atoms with Crippen LogP contribution < -0.4 is 0 Å². The standard InChI is InChI=1S/C22H12ClIO/c23-14-10-11-16-15-8-4-5-9-17(15)21-20(18(16)12-14)19(22(24)25-21)13-6-2-1-3-7-13/h1-12H. The van der Waals surface area contributed by atoms with Crippen LogP contribution in [0.2, 0.25) is 5.02 Å². The van der Waals surface area contributed by atoms with Gasteiger partial charge in [0.05, 0.1) is 0 Å². The maximum Gasteiger partial charge on any atom is 0.172 e. The van der Waals surface area contributed by atoms with Gasteiger partial charge in [-0.25, -0.2) is 0 Å². The summed E-state index contributed by atoms with van der Waals surface area (Å²) in [6.07, 6.45) is 0. The summed E-state index contributed by atoms with van der Waals surface area (Å²) in [5.41, 5.74) is 3.21. The molecule has 0 bridgehead atoms. The van der Waals surface area contributed by atoms with E-state index >= 15 is 0 Å². The Morgan fingerprint density at radius 2 is 1.40 bits per heavy atom. The Bertz CT molecular complexity index is 1260. The summed E-state index contributed by atoms with van der Waals surface area (Å²) in [7, 11) is 0. The molecule has 0 saturated heterocycles. The van der Waals surface area contributed by atoms with E-state index in [1.807, 2.05) is 18.2 Å². The van der Waals surface area contributed by atoms with Crippen LogP contribution in [0.5, 0.6) is 0 Å². The molecule has 0 atom stereocenters. The summed E-state index contributed by atoms with van der Waals surface area (Å²) in [4.78, 5) is 0. The second-order valence-electron chi connectivity index (χ2n) is 6.06. The SMILES string of the molecule is Clc1ccc2c3ccccc3c3oc(I)c(-c4ccccc4)c3c2c1. The molecule has 0 unspecified atom stereocenters. The number of halogens is 2. The first kappa shape index (κ1) is 15.2. The van der Waals surface area contributed by atoms with Gasteiger partial charge in [-0.05, 0) is 33.9 Å². The number of rotatable bonds is 1. The van der Waals surface area contributed by atoms with Gasteiger partial charge in [0.15, 0.2) is 3.77 Å². The van der Waals surface area contributed by atoms with E-state index in [1.54, 1.807) is 0 Å². The number of hydrogen-bond donors (Lipinski definition) is 0. The fourth-order valence-electron chi connectivity index (χ4n) is 3.59. The highest BCUT2D eigenvalue weighted by molar-refractivity contribution is 14.1. The van der Waals surface area contributed by atoms with Crippen molar-refractivity contribution in [2.75, 3.05) is 0 Å². The van der Waals surface area contributed by atoms with Gasteiger partial charge < -0.3 is 4.42 Å². The zero-order valence-electron chi connectivity index (χ0n) is 13.1. The number of benzene rings is 4. The molecule has 25 heavy (non-hydrogen) atoms. The molecule has 0 amide bonds. The Morgan fingerprint density at radius 1 is 0.720 bits per heavy atom. The highest BCUT2D eigenvalue weighted by atomic mass is 127. The zero-order valence-corrected chi connectivity index (χ0v) is 16.0. The molecular formula is C22H12ClIO. The lowest BCUT2D eigenvalue weighted by Crippen LogP contribution is -1.83. The van der Waals surface area contributed by atoms with Gasteiger partial charge in [-0.15, -0.1) is 0 Å². The highest BCUT2D eigenvalue weighted by Gasteiger charge is 2.20. The van der Waals surface area contributed by atoms with E-state index in [4.69, 9.17) is 16.0 Å². The first-order valence-electron chi connectivity index (χ1n) is 8.01. The van der Waals surface area contributed by atoms with Crippen LogP contribution in [-0.2, 0) is 0 Å². The largest absolute Gasteiger partial charge is 0.449 e. The van der Waals surface area contributed by atoms with E-state index in [1.165, 1.54) is 10.8 Å². The maximum absolute atomic E-state index is 6.34. The van der Waals surface area contributed by atoms with Crippen molar-refractivity contribution in [3.8, 4) is 11.1 Å². The van der Waals surface area contributed by atoms with Crippen molar-refractivity contribution in [3.63, 3.8) is 0 Å². The van der Waals surface area contributed by atoms with Crippen LogP contribution in [0.15, 0.2) is 77.2 Å². The van der Waals surface area contributed by atoms with Crippen LogP contribution in [-0.4, -0.2) is 0 Å². The fraction of sp³-hybridized carbons (Fsp3) is 0. The van der Waals surface area contributed by atoms with Crippen molar-refractivity contribution in [1.29, 1.82) is 0 Å². The van der Waals surface area contributed by atoms with Crippen molar-refractivity contribution in [1.82, 2.24) is 0 Å². The van der Waals surface area contributed by atoms with Gasteiger partial charge in [0.25, 0.3) is 0 Å². The predicted molar refractivity (Wildman–Crippen MR) is 114 cm³/mol. The van der Waals surface area contributed by atoms with Crippen LogP contribution >= 0.6 is 34.2 Å². The van der Waals surface area contributed by atoms with Gasteiger partial charge in [-0.2, -0.15) is 0 Å². The van der Waals surface area contributed by atoms with Crippen molar-refractivity contribution < 1.29 is 4.42 Å². The Balaban J connectivity index is 2.10. The molecule has 1 heterocycles. The Kier molecular flexibility index (Phi) is 3.50. The smallest absolute Gasteiger partial charge is 0.172 e. The van der Waals surface area contributed by atoms with Crippen molar-refractivity contribution in [2.24, 2.45) is 0 Å². The normalized spacial score (nSPS) is 11.6. The van der Waals surface area contributed by atoms with Crippen LogP contribution in [0.1, 0.15) is 0 Å². The minimum Gasteiger partial charge on any atom is -0.449 e. The summed E-state index contributed by atoms with van der Waals surface area (Å²) in [5.74, 6) is 0. The van der Waals surface area contributed by atoms with Crippen molar-refractivity contribution in [2.45, 2.75) is 0 Å². The molecule has 3 heteroatoms. The second-order valence-corrected chi connectivity index (χ2v) is 7.47. The molecule has 0 fully saturated rings. The summed E-state index contributed by atoms with van der Waals surface area (Å²) in [6, 6.07) is 24.9. The Labute approximate surface area is 163 Å². The van der Waals surface area contributed by atoms with Crippen LogP contribution in [0.3, 0.4) is 0 Å². The quantitative estimate of drug-likeness (QED) is 0.187. The number of hydrogen-bond acceptors (Lipinski definition) is 1. The first-order chi connectivity index (χ1) is 12.2. The van der Waals surface area contributed by atoms with E-state index in [-0.39, 0.29) is 0 Å². The highest BCUT2D eigenvalue weighted by Crippen LogP contribution is 2.44. The van der Waals surface area contributed by atoms with Gasteiger partial charge in [-0.3, -0.25) is 0 Å². The van der Waals surface area contributed by atoms with E-state index in [9.17, 15) is 0 Å². The van der Waals surface area contributed by atoms with Gasteiger partial charge in [0.1, 0.15) is 5.58 Å². The molecule has 0 aliphatic heterocycles. The van der Waals surface area contributed by atoms with Gasteiger partial charge in [-0.1, -0.05) is 72.3 Å². The Morgan fingerprint density at radius 3 is 2.20 bits per heavy atom. The molecule has 1 nitrogen and oxygen atoms in total. The van der Waals surface area contributed by atoms with Crippen LogP contribution in [0, 0.1) is 3.77 Å². The van der Waals surface area contributed by atoms with Gasteiger partial charge >= 0.3 is 0 Å². The molecule has 0 radical (unpaired) electrons. The molecule has 0 spiro atoms. The molecule has 0 N–H and O–H groups in total. The molecule has 5 aromatic rings.